The number of nitrogens with zero attached hydrogens (tertiary/aromatic N) is 2. The molecule has 0 saturated heterocycles. The van der Waals surface area contributed by atoms with Gasteiger partial charge in [-0.25, -0.2) is 0 Å². The lowest BCUT2D eigenvalue weighted by Crippen LogP contribution is -2.24. The summed E-state index contributed by atoms with van der Waals surface area (Å²) in [7, 11) is 0. The van der Waals surface area contributed by atoms with E-state index in [4.69, 9.17) is 4.42 Å². The molecule has 116 valence electrons. The monoisotopic (exact) mass is 307 g/mol. The molecular formula is C18H17N3O2. The predicted molar refractivity (Wildman–Crippen MR) is 86.5 cm³/mol. The summed E-state index contributed by atoms with van der Waals surface area (Å²) in [6.45, 7) is 2.24. The van der Waals surface area contributed by atoms with Gasteiger partial charge in [0.2, 0.25) is 17.7 Å². The molecule has 0 aliphatic carbocycles. The van der Waals surface area contributed by atoms with Crippen LogP contribution in [0.5, 0.6) is 0 Å². The lowest BCUT2D eigenvalue weighted by Gasteiger charge is -2.03. The lowest BCUT2D eigenvalue weighted by atomic mass is 10.1. The van der Waals surface area contributed by atoms with Gasteiger partial charge in [0.1, 0.15) is 0 Å². The van der Waals surface area contributed by atoms with Crippen LogP contribution in [0.1, 0.15) is 17.0 Å². The maximum atomic E-state index is 11.9. The van der Waals surface area contributed by atoms with E-state index < -0.39 is 0 Å². The van der Waals surface area contributed by atoms with Crippen molar-refractivity contribution in [2.24, 2.45) is 0 Å². The normalized spacial score (nSPS) is 10.5. The fraction of sp³-hybridized carbons (Fsp3) is 0.167. The first kappa shape index (κ1) is 15.0. The molecule has 5 nitrogen and oxygen atoms in total. The first-order chi connectivity index (χ1) is 11.2. The molecule has 0 saturated carbocycles. The molecule has 23 heavy (non-hydrogen) atoms. The number of carbonyl (C=O) groups is 1. The Balaban J connectivity index is 1.55. The van der Waals surface area contributed by atoms with Crippen molar-refractivity contribution in [3.8, 4) is 11.5 Å². The molecule has 0 unspecified atom stereocenters. The predicted octanol–water partition coefficient (Wildman–Crippen LogP) is 2.90. The summed E-state index contributed by atoms with van der Waals surface area (Å²) in [5.41, 5.74) is 3.01. The molecular weight excluding hydrogens is 290 g/mol. The maximum Gasteiger partial charge on any atom is 0.247 e. The van der Waals surface area contributed by atoms with Crippen LogP contribution in [-0.4, -0.2) is 16.1 Å². The van der Waals surface area contributed by atoms with E-state index in [0.717, 1.165) is 11.1 Å². The van der Waals surface area contributed by atoms with E-state index >= 15 is 0 Å². The van der Waals surface area contributed by atoms with Crippen LogP contribution in [0.2, 0.25) is 0 Å². The highest BCUT2D eigenvalue weighted by Gasteiger charge is 2.09. The van der Waals surface area contributed by atoms with Gasteiger partial charge in [0.25, 0.3) is 0 Å². The zero-order valence-corrected chi connectivity index (χ0v) is 12.8. The van der Waals surface area contributed by atoms with Crippen LogP contribution >= 0.6 is 0 Å². The second kappa shape index (κ2) is 6.87. The summed E-state index contributed by atoms with van der Waals surface area (Å²) in [5, 5.41) is 10.7. The van der Waals surface area contributed by atoms with Gasteiger partial charge in [-0.05, 0) is 24.6 Å². The second-order valence-electron chi connectivity index (χ2n) is 5.31. The highest BCUT2D eigenvalue weighted by Crippen LogP contribution is 2.16. The minimum atomic E-state index is -0.0756. The Morgan fingerprint density at radius 3 is 2.52 bits per heavy atom. The molecule has 3 aromatic rings. The molecule has 0 radical (unpaired) electrons. The van der Waals surface area contributed by atoms with E-state index in [1.807, 2.05) is 61.5 Å². The molecule has 1 heterocycles. The number of hydrogen-bond acceptors (Lipinski definition) is 4. The van der Waals surface area contributed by atoms with Crippen molar-refractivity contribution in [2.75, 3.05) is 0 Å². The molecule has 0 atom stereocenters. The standard InChI is InChI=1S/C18H17N3O2/c1-13-7-9-14(10-8-13)11-16(22)19-12-17-20-21-18(23-17)15-5-3-2-4-6-15/h2-10H,11-12H2,1H3,(H,19,22). The van der Waals surface area contributed by atoms with E-state index in [9.17, 15) is 4.79 Å². The summed E-state index contributed by atoms with van der Waals surface area (Å²) in [5.74, 6) is 0.766. The fourth-order valence-corrected chi connectivity index (χ4v) is 2.15. The van der Waals surface area contributed by atoms with Crippen LogP contribution in [0.25, 0.3) is 11.5 Å². The minimum absolute atomic E-state index is 0.0756. The molecule has 5 heteroatoms. The van der Waals surface area contributed by atoms with Crippen LogP contribution in [0.4, 0.5) is 0 Å². The Morgan fingerprint density at radius 2 is 1.78 bits per heavy atom. The van der Waals surface area contributed by atoms with Crippen LogP contribution in [0, 0.1) is 6.92 Å². The number of aryl methyl sites for hydroxylation is 1. The maximum absolute atomic E-state index is 11.9. The van der Waals surface area contributed by atoms with Gasteiger partial charge in [-0.1, -0.05) is 48.0 Å². The number of rotatable bonds is 5. The number of hydrogen-bond donors (Lipinski definition) is 1. The Bertz CT molecular complexity index is 780. The number of amides is 1. The SMILES string of the molecule is Cc1ccc(CC(=O)NCc2nnc(-c3ccccc3)o2)cc1. The molecule has 0 aliphatic rings. The van der Waals surface area contributed by atoms with Crippen molar-refractivity contribution >= 4 is 5.91 Å². The zero-order chi connectivity index (χ0) is 16.1. The summed E-state index contributed by atoms with van der Waals surface area (Å²) in [6, 6.07) is 17.4. The molecule has 1 amide bonds. The van der Waals surface area contributed by atoms with Crippen LogP contribution in [0.3, 0.4) is 0 Å². The highest BCUT2D eigenvalue weighted by molar-refractivity contribution is 5.78. The molecule has 0 fully saturated rings. The molecule has 3 rings (SSSR count). The molecule has 1 N–H and O–H groups in total. The smallest absolute Gasteiger partial charge is 0.247 e. The first-order valence-electron chi connectivity index (χ1n) is 7.41. The molecule has 0 spiro atoms. The Hall–Kier alpha value is -2.95. The van der Waals surface area contributed by atoms with E-state index in [0.29, 0.717) is 18.2 Å². The average molecular weight is 307 g/mol. The van der Waals surface area contributed by atoms with Gasteiger partial charge in [0, 0.05) is 5.56 Å². The topological polar surface area (TPSA) is 68.0 Å². The highest BCUT2D eigenvalue weighted by atomic mass is 16.4. The van der Waals surface area contributed by atoms with Gasteiger partial charge in [0.15, 0.2) is 0 Å². The van der Waals surface area contributed by atoms with Gasteiger partial charge in [0.05, 0.1) is 13.0 Å². The summed E-state index contributed by atoms with van der Waals surface area (Å²) >= 11 is 0. The largest absolute Gasteiger partial charge is 0.419 e. The summed E-state index contributed by atoms with van der Waals surface area (Å²) < 4.78 is 5.55. The zero-order valence-electron chi connectivity index (χ0n) is 12.8. The van der Waals surface area contributed by atoms with Crippen molar-refractivity contribution in [1.29, 1.82) is 0 Å². The third-order valence-electron chi connectivity index (χ3n) is 3.41. The Kier molecular flexibility index (Phi) is 4.47. The fourth-order valence-electron chi connectivity index (χ4n) is 2.15. The number of benzene rings is 2. The van der Waals surface area contributed by atoms with Gasteiger partial charge < -0.3 is 9.73 Å². The quantitative estimate of drug-likeness (QED) is 0.787. The number of carbonyl (C=O) groups excluding carboxylic acids is 1. The number of aromatic nitrogens is 2. The van der Waals surface area contributed by atoms with Crippen LogP contribution < -0.4 is 5.32 Å². The summed E-state index contributed by atoms with van der Waals surface area (Å²) in [4.78, 5) is 11.9. The van der Waals surface area contributed by atoms with E-state index in [-0.39, 0.29) is 12.5 Å². The van der Waals surface area contributed by atoms with Crippen molar-refractivity contribution in [3.05, 3.63) is 71.6 Å². The van der Waals surface area contributed by atoms with E-state index in [1.54, 1.807) is 0 Å². The Morgan fingerprint density at radius 1 is 1.04 bits per heavy atom. The minimum Gasteiger partial charge on any atom is -0.419 e. The third-order valence-corrected chi connectivity index (χ3v) is 3.41. The van der Waals surface area contributed by atoms with E-state index in [2.05, 4.69) is 15.5 Å². The van der Waals surface area contributed by atoms with Gasteiger partial charge in [-0.3, -0.25) is 4.79 Å². The van der Waals surface area contributed by atoms with Crippen molar-refractivity contribution in [2.45, 2.75) is 19.9 Å². The van der Waals surface area contributed by atoms with Crippen molar-refractivity contribution in [3.63, 3.8) is 0 Å². The summed E-state index contributed by atoms with van der Waals surface area (Å²) in [6.07, 6.45) is 0.333. The average Bonchev–Trinajstić information content (AvgIpc) is 3.05. The molecule has 1 aromatic heterocycles. The Labute approximate surface area is 134 Å². The lowest BCUT2D eigenvalue weighted by molar-refractivity contribution is -0.120. The van der Waals surface area contributed by atoms with Gasteiger partial charge >= 0.3 is 0 Å². The van der Waals surface area contributed by atoms with E-state index in [1.165, 1.54) is 5.56 Å². The van der Waals surface area contributed by atoms with Crippen LogP contribution in [0.15, 0.2) is 59.0 Å². The molecule has 0 bridgehead atoms. The van der Waals surface area contributed by atoms with Crippen molar-refractivity contribution in [1.82, 2.24) is 15.5 Å². The molecule has 2 aromatic carbocycles. The first-order valence-corrected chi connectivity index (χ1v) is 7.41. The van der Waals surface area contributed by atoms with Crippen LogP contribution in [-0.2, 0) is 17.8 Å². The second-order valence-corrected chi connectivity index (χ2v) is 5.31. The van der Waals surface area contributed by atoms with Gasteiger partial charge in [-0.2, -0.15) is 0 Å². The molecule has 0 aliphatic heterocycles. The third kappa shape index (κ3) is 4.03. The number of nitrogens with one attached hydrogen (secondary N) is 1. The van der Waals surface area contributed by atoms with Crippen molar-refractivity contribution < 1.29 is 9.21 Å². The van der Waals surface area contributed by atoms with Gasteiger partial charge in [-0.15, -0.1) is 10.2 Å².